The van der Waals surface area contributed by atoms with Crippen LogP contribution in [0.4, 0.5) is 0 Å². The minimum atomic E-state index is -3.31. The number of aryl methyl sites for hydroxylation is 2. The average molecular weight is 340 g/mol. The smallest absolute Gasteiger partial charge is 0.252 e. The van der Waals surface area contributed by atoms with E-state index in [2.05, 4.69) is 10.00 Å². The lowest BCUT2D eigenvalue weighted by Gasteiger charge is -2.33. The second kappa shape index (κ2) is 6.11. The molecule has 1 aliphatic rings. The molecule has 0 saturated carbocycles. The zero-order valence-corrected chi connectivity index (χ0v) is 14.4. The standard InChI is InChI=1S/C14H20N4O2S2/c1-12-13(10-16(2)15-12)11-17-5-7-18(8-6-17)22(19,20)14-4-3-9-21-14/h3-4,9-10H,5-8,11H2,1-2H3. The molecule has 0 aliphatic carbocycles. The van der Waals surface area contributed by atoms with Crippen molar-refractivity contribution < 1.29 is 8.42 Å². The van der Waals surface area contributed by atoms with Crippen molar-refractivity contribution in [3.8, 4) is 0 Å². The maximum Gasteiger partial charge on any atom is 0.252 e. The van der Waals surface area contributed by atoms with E-state index in [9.17, 15) is 8.42 Å². The van der Waals surface area contributed by atoms with E-state index in [1.807, 2.05) is 24.9 Å². The van der Waals surface area contributed by atoms with E-state index in [4.69, 9.17) is 0 Å². The van der Waals surface area contributed by atoms with E-state index in [0.717, 1.165) is 25.3 Å². The number of sulfonamides is 1. The molecule has 0 unspecified atom stereocenters. The molecule has 0 aromatic carbocycles. The van der Waals surface area contributed by atoms with Gasteiger partial charge in [0, 0.05) is 51.5 Å². The fourth-order valence-electron chi connectivity index (χ4n) is 2.71. The third kappa shape index (κ3) is 3.10. The van der Waals surface area contributed by atoms with E-state index in [-0.39, 0.29) is 0 Å². The molecule has 0 radical (unpaired) electrons. The molecule has 1 aliphatic heterocycles. The van der Waals surface area contributed by atoms with Gasteiger partial charge in [0.2, 0.25) is 0 Å². The molecule has 3 rings (SSSR count). The van der Waals surface area contributed by atoms with Gasteiger partial charge in [0.25, 0.3) is 10.0 Å². The minimum Gasteiger partial charge on any atom is -0.296 e. The van der Waals surface area contributed by atoms with Gasteiger partial charge >= 0.3 is 0 Å². The normalized spacial score (nSPS) is 17.9. The fraction of sp³-hybridized carbons (Fsp3) is 0.500. The highest BCUT2D eigenvalue weighted by Gasteiger charge is 2.29. The van der Waals surface area contributed by atoms with Crippen LogP contribution >= 0.6 is 11.3 Å². The van der Waals surface area contributed by atoms with Crippen LogP contribution in [-0.4, -0.2) is 53.6 Å². The van der Waals surface area contributed by atoms with E-state index < -0.39 is 10.0 Å². The number of nitrogens with zero attached hydrogens (tertiary/aromatic N) is 4. The Morgan fingerprint density at radius 2 is 2.00 bits per heavy atom. The fourth-order valence-corrected chi connectivity index (χ4v) is 5.28. The predicted molar refractivity (Wildman–Crippen MR) is 86.3 cm³/mol. The molecule has 0 spiro atoms. The first-order chi connectivity index (χ1) is 10.5. The number of piperazine rings is 1. The van der Waals surface area contributed by atoms with Crippen molar-refractivity contribution in [2.45, 2.75) is 17.7 Å². The summed E-state index contributed by atoms with van der Waals surface area (Å²) in [6.07, 6.45) is 2.03. The van der Waals surface area contributed by atoms with Gasteiger partial charge in [-0.2, -0.15) is 9.40 Å². The lowest BCUT2D eigenvalue weighted by atomic mass is 10.2. The molecule has 6 nitrogen and oxygen atoms in total. The van der Waals surface area contributed by atoms with Crippen LogP contribution in [0.5, 0.6) is 0 Å². The zero-order valence-electron chi connectivity index (χ0n) is 12.8. The molecule has 1 saturated heterocycles. The minimum absolute atomic E-state index is 0.434. The lowest BCUT2D eigenvalue weighted by molar-refractivity contribution is 0.181. The summed E-state index contributed by atoms with van der Waals surface area (Å²) in [5.74, 6) is 0. The number of hydrogen-bond donors (Lipinski definition) is 0. The maximum atomic E-state index is 12.5. The molecule has 3 heterocycles. The second-order valence-corrected chi connectivity index (χ2v) is 8.64. The average Bonchev–Trinajstić information content (AvgIpc) is 3.10. The van der Waals surface area contributed by atoms with Crippen LogP contribution in [0, 0.1) is 6.92 Å². The van der Waals surface area contributed by atoms with E-state index in [1.165, 1.54) is 16.9 Å². The van der Waals surface area contributed by atoms with E-state index in [1.54, 1.807) is 21.8 Å². The summed E-state index contributed by atoms with van der Waals surface area (Å²) in [5.41, 5.74) is 2.24. The molecule has 0 atom stereocenters. The van der Waals surface area contributed by atoms with Gasteiger partial charge in [-0.05, 0) is 18.4 Å². The maximum absolute atomic E-state index is 12.5. The highest BCUT2D eigenvalue weighted by molar-refractivity contribution is 7.91. The Balaban J connectivity index is 1.62. The van der Waals surface area contributed by atoms with Crippen LogP contribution in [0.15, 0.2) is 27.9 Å². The molecule has 120 valence electrons. The summed E-state index contributed by atoms with van der Waals surface area (Å²) in [6, 6.07) is 3.45. The van der Waals surface area contributed by atoms with Crippen molar-refractivity contribution in [1.29, 1.82) is 0 Å². The topological polar surface area (TPSA) is 58.4 Å². The van der Waals surface area contributed by atoms with Crippen LogP contribution < -0.4 is 0 Å². The Morgan fingerprint density at radius 1 is 1.27 bits per heavy atom. The van der Waals surface area contributed by atoms with Crippen molar-refractivity contribution >= 4 is 21.4 Å². The van der Waals surface area contributed by atoms with Gasteiger partial charge in [0.1, 0.15) is 4.21 Å². The molecule has 2 aromatic heterocycles. The van der Waals surface area contributed by atoms with Gasteiger partial charge in [-0.15, -0.1) is 11.3 Å². The highest BCUT2D eigenvalue weighted by Crippen LogP contribution is 2.22. The van der Waals surface area contributed by atoms with Crippen molar-refractivity contribution in [1.82, 2.24) is 19.0 Å². The Labute approximate surface area is 135 Å². The molecule has 8 heteroatoms. The molecule has 1 fully saturated rings. The van der Waals surface area contributed by atoms with Crippen LogP contribution in [0.1, 0.15) is 11.3 Å². The van der Waals surface area contributed by atoms with Crippen molar-refractivity contribution in [3.63, 3.8) is 0 Å². The molecular formula is C14H20N4O2S2. The number of hydrogen-bond acceptors (Lipinski definition) is 5. The molecule has 0 amide bonds. The van der Waals surface area contributed by atoms with Gasteiger partial charge < -0.3 is 0 Å². The summed E-state index contributed by atoms with van der Waals surface area (Å²) in [5, 5.41) is 6.15. The van der Waals surface area contributed by atoms with Gasteiger partial charge in [-0.3, -0.25) is 9.58 Å². The first-order valence-corrected chi connectivity index (χ1v) is 9.54. The summed E-state index contributed by atoms with van der Waals surface area (Å²) in [4.78, 5) is 2.28. The molecule has 22 heavy (non-hydrogen) atoms. The first-order valence-electron chi connectivity index (χ1n) is 7.22. The van der Waals surface area contributed by atoms with Crippen LogP contribution in [0.2, 0.25) is 0 Å². The van der Waals surface area contributed by atoms with Gasteiger partial charge in [-0.1, -0.05) is 6.07 Å². The third-order valence-electron chi connectivity index (χ3n) is 3.93. The summed E-state index contributed by atoms with van der Waals surface area (Å²) >= 11 is 1.28. The summed E-state index contributed by atoms with van der Waals surface area (Å²) in [7, 11) is -1.39. The molecule has 0 N–H and O–H groups in total. The van der Waals surface area contributed by atoms with Crippen molar-refractivity contribution in [2.75, 3.05) is 26.2 Å². The van der Waals surface area contributed by atoms with Crippen LogP contribution in [-0.2, 0) is 23.6 Å². The monoisotopic (exact) mass is 340 g/mol. The number of thiophene rings is 1. The van der Waals surface area contributed by atoms with E-state index in [0.29, 0.717) is 17.3 Å². The lowest BCUT2D eigenvalue weighted by Crippen LogP contribution is -2.48. The quantitative estimate of drug-likeness (QED) is 0.842. The molecule has 0 bridgehead atoms. The second-order valence-electron chi connectivity index (χ2n) is 5.53. The first kappa shape index (κ1) is 15.7. The number of rotatable bonds is 4. The third-order valence-corrected chi connectivity index (χ3v) is 7.20. The SMILES string of the molecule is Cc1nn(C)cc1CN1CCN(S(=O)(=O)c2cccs2)CC1. The van der Waals surface area contributed by atoms with Gasteiger partial charge in [0.15, 0.2) is 0 Å². The Hall–Kier alpha value is -1.22. The Kier molecular flexibility index (Phi) is 4.35. The predicted octanol–water partition coefficient (Wildman–Crippen LogP) is 1.30. The summed E-state index contributed by atoms with van der Waals surface area (Å²) < 4.78 is 28.8. The Morgan fingerprint density at radius 3 is 2.55 bits per heavy atom. The zero-order chi connectivity index (χ0) is 15.7. The molecule has 2 aromatic rings. The number of aromatic nitrogens is 2. The van der Waals surface area contributed by atoms with Crippen LogP contribution in [0.25, 0.3) is 0 Å². The van der Waals surface area contributed by atoms with Crippen molar-refractivity contribution in [3.05, 3.63) is 35.0 Å². The highest BCUT2D eigenvalue weighted by atomic mass is 32.2. The largest absolute Gasteiger partial charge is 0.296 e. The molecular weight excluding hydrogens is 320 g/mol. The van der Waals surface area contributed by atoms with E-state index >= 15 is 0 Å². The van der Waals surface area contributed by atoms with Crippen molar-refractivity contribution in [2.24, 2.45) is 7.05 Å². The van der Waals surface area contributed by atoms with Gasteiger partial charge in [0.05, 0.1) is 5.69 Å². The summed E-state index contributed by atoms with van der Waals surface area (Å²) in [6.45, 7) is 5.41. The van der Waals surface area contributed by atoms with Gasteiger partial charge in [-0.25, -0.2) is 8.42 Å². The van der Waals surface area contributed by atoms with Crippen LogP contribution in [0.3, 0.4) is 0 Å². The Bertz CT molecular complexity index is 729.